The fraction of sp³-hybridized carbons (Fsp3) is 0.167. The molecule has 1 atom stereocenters. The summed E-state index contributed by atoms with van der Waals surface area (Å²) in [5.41, 5.74) is 4.93. The van der Waals surface area contributed by atoms with Crippen LogP contribution in [0.1, 0.15) is 10.8 Å². The first kappa shape index (κ1) is 14.7. The van der Waals surface area contributed by atoms with Gasteiger partial charge in [0.15, 0.2) is 5.25 Å². The van der Waals surface area contributed by atoms with Crippen LogP contribution >= 0.6 is 11.3 Å². The second kappa shape index (κ2) is 5.71. The van der Waals surface area contributed by atoms with E-state index in [1.54, 1.807) is 5.38 Å². The Balaban J connectivity index is 0.00000169. The zero-order valence-electron chi connectivity index (χ0n) is 7.34. The van der Waals surface area contributed by atoms with Crippen molar-refractivity contribution < 1.29 is 69.1 Å². The normalized spacial score (nSPS) is 12.9. The summed E-state index contributed by atoms with van der Waals surface area (Å²) in [6, 6.07) is 1.38. The second-order valence-electron chi connectivity index (χ2n) is 2.33. The molecule has 1 heterocycles. The Morgan fingerprint density at radius 2 is 2.14 bits per heavy atom. The Labute approximate surface area is 128 Å². The van der Waals surface area contributed by atoms with E-state index in [4.69, 9.17) is 5.73 Å². The zero-order valence-corrected chi connectivity index (χ0v) is 12.1. The SMILES string of the molecule is NC(=O)C(c1ccsc1)S(=O)(=O)[O-].[K+]. The van der Waals surface area contributed by atoms with Crippen LogP contribution in [0.5, 0.6) is 0 Å². The van der Waals surface area contributed by atoms with Gasteiger partial charge >= 0.3 is 51.4 Å². The first-order valence-electron chi connectivity index (χ1n) is 3.19. The number of thiophene rings is 1. The fourth-order valence-electron chi connectivity index (χ4n) is 0.897. The molecule has 0 fully saturated rings. The van der Waals surface area contributed by atoms with E-state index in [1.165, 1.54) is 22.8 Å². The molecule has 0 saturated carbocycles. The average Bonchev–Trinajstić information content (AvgIpc) is 2.34. The molecule has 0 spiro atoms. The van der Waals surface area contributed by atoms with Gasteiger partial charge in [-0.15, -0.1) is 0 Å². The number of rotatable bonds is 3. The van der Waals surface area contributed by atoms with Gasteiger partial charge in [0.2, 0.25) is 5.91 Å². The summed E-state index contributed by atoms with van der Waals surface area (Å²) in [7, 11) is -4.70. The smallest absolute Gasteiger partial charge is 0.747 e. The second-order valence-corrected chi connectivity index (χ2v) is 4.57. The molecule has 1 aromatic rings. The van der Waals surface area contributed by atoms with Crippen molar-refractivity contribution >= 4 is 27.4 Å². The third kappa shape index (κ3) is 3.70. The summed E-state index contributed by atoms with van der Waals surface area (Å²) in [4.78, 5) is 10.7. The van der Waals surface area contributed by atoms with E-state index >= 15 is 0 Å². The molecule has 0 radical (unpaired) electrons. The largest absolute Gasteiger partial charge is 1.00 e. The van der Waals surface area contributed by atoms with Crippen LogP contribution in [0, 0.1) is 0 Å². The van der Waals surface area contributed by atoms with Crippen molar-refractivity contribution in [1.29, 1.82) is 0 Å². The van der Waals surface area contributed by atoms with Crippen molar-refractivity contribution in [2.24, 2.45) is 5.73 Å². The van der Waals surface area contributed by atoms with Crippen LogP contribution < -0.4 is 57.1 Å². The van der Waals surface area contributed by atoms with Crippen molar-refractivity contribution in [2.45, 2.75) is 5.25 Å². The third-order valence-electron chi connectivity index (χ3n) is 1.39. The minimum absolute atomic E-state index is 0. The summed E-state index contributed by atoms with van der Waals surface area (Å²) in [6.45, 7) is 0. The van der Waals surface area contributed by atoms with Crippen LogP contribution in [0.4, 0.5) is 0 Å². The molecule has 0 aliphatic heterocycles. The van der Waals surface area contributed by atoms with Gasteiger partial charge in [0.25, 0.3) is 0 Å². The Kier molecular flexibility index (Phi) is 6.00. The van der Waals surface area contributed by atoms with E-state index < -0.39 is 21.3 Å². The number of hydrogen-bond acceptors (Lipinski definition) is 5. The number of hydrogen-bond donors (Lipinski definition) is 1. The summed E-state index contributed by atoms with van der Waals surface area (Å²) in [5, 5.41) is 1.21. The molecule has 1 rings (SSSR count). The maximum Gasteiger partial charge on any atom is 1.00 e. The van der Waals surface area contributed by atoms with Gasteiger partial charge in [-0.1, -0.05) is 0 Å². The number of carbonyl (C=O) groups excluding carboxylic acids is 1. The van der Waals surface area contributed by atoms with E-state index in [2.05, 4.69) is 0 Å². The molecule has 0 aliphatic rings. The Morgan fingerprint density at radius 1 is 1.57 bits per heavy atom. The van der Waals surface area contributed by atoms with Gasteiger partial charge < -0.3 is 10.3 Å². The summed E-state index contributed by atoms with van der Waals surface area (Å²) >= 11 is 1.19. The standard InChI is InChI=1S/C6H7NO4S2.K/c7-6(8)5(13(9,10)11)4-1-2-12-3-4;/h1-3,5H,(H2,7,8)(H,9,10,11);/q;+1/p-1. The predicted octanol–water partition coefficient (Wildman–Crippen LogP) is -3.18. The molecule has 0 bridgehead atoms. The predicted molar refractivity (Wildman–Crippen MR) is 46.0 cm³/mol. The van der Waals surface area contributed by atoms with Gasteiger partial charge in [-0.2, -0.15) is 11.3 Å². The average molecular weight is 259 g/mol. The maximum atomic E-state index is 10.7. The van der Waals surface area contributed by atoms with Gasteiger partial charge in [0.05, 0.1) is 0 Å². The van der Waals surface area contributed by atoms with Crippen LogP contribution in [0.3, 0.4) is 0 Å². The Morgan fingerprint density at radius 3 is 2.43 bits per heavy atom. The third-order valence-corrected chi connectivity index (χ3v) is 3.18. The molecule has 0 saturated heterocycles. The van der Waals surface area contributed by atoms with Crippen LogP contribution in [-0.4, -0.2) is 18.9 Å². The molecule has 8 heteroatoms. The number of amides is 1. The van der Waals surface area contributed by atoms with Crippen molar-refractivity contribution in [3.8, 4) is 0 Å². The first-order chi connectivity index (χ1) is 5.93. The summed E-state index contributed by atoms with van der Waals surface area (Å²) in [6.07, 6.45) is 0. The number of primary amides is 1. The Bertz CT molecular complexity index is 399. The van der Waals surface area contributed by atoms with E-state index in [9.17, 15) is 17.8 Å². The van der Waals surface area contributed by atoms with Crippen molar-refractivity contribution in [3.63, 3.8) is 0 Å². The molecule has 1 aromatic heterocycles. The van der Waals surface area contributed by atoms with E-state index in [0.29, 0.717) is 0 Å². The topological polar surface area (TPSA) is 100 Å². The van der Waals surface area contributed by atoms with Crippen LogP contribution in [0.2, 0.25) is 0 Å². The molecule has 5 nitrogen and oxygen atoms in total. The van der Waals surface area contributed by atoms with Gasteiger partial charge in [0.1, 0.15) is 10.1 Å². The minimum atomic E-state index is -4.70. The summed E-state index contributed by atoms with van der Waals surface area (Å²) in [5.74, 6) is -1.14. The quantitative estimate of drug-likeness (QED) is 0.457. The molecule has 14 heavy (non-hydrogen) atoms. The molecule has 1 amide bonds. The first-order valence-corrected chi connectivity index (χ1v) is 5.60. The summed E-state index contributed by atoms with van der Waals surface area (Å²) < 4.78 is 31.9. The molecular formula is C6H6KNO4S2. The molecule has 1 unspecified atom stereocenters. The van der Waals surface area contributed by atoms with Crippen molar-refractivity contribution in [2.75, 3.05) is 0 Å². The van der Waals surface area contributed by atoms with Crippen LogP contribution in [0.25, 0.3) is 0 Å². The van der Waals surface area contributed by atoms with Gasteiger partial charge in [-0.05, 0) is 22.4 Å². The van der Waals surface area contributed by atoms with E-state index in [0.717, 1.165) is 0 Å². The zero-order chi connectivity index (χ0) is 10.1. The molecule has 2 N–H and O–H groups in total. The van der Waals surface area contributed by atoms with Gasteiger partial charge in [0, 0.05) is 0 Å². The van der Waals surface area contributed by atoms with Crippen molar-refractivity contribution in [3.05, 3.63) is 22.4 Å². The van der Waals surface area contributed by atoms with Crippen LogP contribution in [-0.2, 0) is 14.9 Å². The van der Waals surface area contributed by atoms with Gasteiger partial charge in [-0.25, -0.2) is 8.42 Å². The monoisotopic (exact) mass is 259 g/mol. The number of carbonyl (C=O) groups is 1. The van der Waals surface area contributed by atoms with Gasteiger partial charge in [-0.3, -0.25) is 4.79 Å². The fourth-order valence-corrected chi connectivity index (χ4v) is 2.43. The molecule has 0 aliphatic carbocycles. The maximum absolute atomic E-state index is 10.7. The minimum Gasteiger partial charge on any atom is -0.747 e. The molecule has 0 aromatic carbocycles. The number of nitrogens with two attached hydrogens (primary N) is 1. The van der Waals surface area contributed by atoms with E-state index in [-0.39, 0.29) is 56.9 Å². The molecular weight excluding hydrogens is 253 g/mol. The van der Waals surface area contributed by atoms with E-state index in [1.807, 2.05) is 0 Å². The molecule has 72 valence electrons. The Hall–Kier alpha value is 0.716. The van der Waals surface area contributed by atoms with Crippen molar-refractivity contribution in [1.82, 2.24) is 0 Å². The van der Waals surface area contributed by atoms with Crippen LogP contribution in [0.15, 0.2) is 16.8 Å².